The molecule has 0 aliphatic heterocycles. The van der Waals surface area contributed by atoms with E-state index in [-0.39, 0.29) is 5.91 Å². The van der Waals surface area contributed by atoms with Gasteiger partial charge in [-0.15, -0.1) is 12.6 Å². The Morgan fingerprint density at radius 3 is 2.59 bits per heavy atom. The minimum Gasteiger partial charge on any atom is -0.349 e. The Labute approximate surface area is 108 Å². The Balaban J connectivity index is 1.92. The predicted molar refractivity (Wildman–Crippen MR) is 72.6 cm³/mol. The SMILES string of the molecule is CCC(CC1CC1)NC(=O)c1ccc(S)cc1. The second-order valence-corrected chi connectivity index (χ2v) is 5.32. The smallest absolute Gasteiger partial charge is 0.251 e. The number of amides is 1. The molecule has 92 valence electrons. The Kier molecular flexibility index (Phi) is 4.11. The molecule has 1 fully saturated rings. The van der Waals surface area contributed by atoms with Crippen molar-refractivity contribution in [2.75, 3.05) is 0 Å². The van der Waals surface area contributed by atoms with Crippen LogP contribution in [0.15, 0.2) is 29.2 Å². The summed E-state index contributed by atoms with van der Waals surface area (Å²) in [7, 11) is 0. The summed E-state index contributed by atoms with van der Waals surface area (Å²) in [6.07, 6.45) is 4.81. The lowest BCUT2D eigenvalue weighted by Crippen LogP contribution is -2.34. The van der Waals surface area contributed by atoms with E-state index < -0.39 is 0 Å². The van der Waals surface area contributed by atoms with Gasteiger partial charge in [0.05, 0.1) is 0 Å². The largest absolute Gasteiger partial charge is 0.349 e. The number of hydrogen-bond acceptors (Lipinski definition) is 2. The standard InChI is InChI=1S/C14H19NOS/c1-2-12(9-10-3-4-10)15-14(16)11-5-7-13(17)8-6-11/h5-8,10,12,17H,2-4,9H2,1H3,(H,15,16). The summed E-state index contributed by atoms with van der Waals surface area (Å²) in [5.74, 6) is 0.880. The van der Waals surface area contributed by atoms with Crippen LogP contribution >= 0.6 is 12.6 Å². The highest BCUT2D eigenvalue weighted by atomic mass is 32.1. The molecule has 2 rings (SSSR count). The third-order valence-electron chi connectivity index (χ3n) is 3.27. The Morgan fingerprint density at radius 2 is 2.06 bits per heavy atom. The molecular formula is C14H19NOS. The first kappa shape index (κ1) is 12.5. The minimum atomic E-state index is 0.0332. The summed E-state index contributed by atoms with van der Waals surface area (Å²) in [6, 6.07) is 7.66. The van der Waals surface area contributed by atoms with Crippen LogP contribution in [0.1, 0.15) is 43.0 Å². The van der Waals surface area contributed by atoms with Crippen molar-refractivity contribution >= 4 is 18.5 Å². The molecule has 0 radical (unpaired) electrons. The molecule has 1 N–H and O–H groups in total. The number of rotatable bonds is 5. The van der Waals surface area contributed by atoms with E-state index >= 15 is 0 Å². The van der Waals surface area contributed by atoms with Crippen molar-refractivity contribution in [3.8, 4) is 0 Å². The first-order valence-electron chi connectivity index (χ1n) is 6.29. The Morgan fingerprint density at radius 1 is 1.41 bits per heavy atom. The van der Waals surface area contributed by atoms with Crippen molar-refractivity contribution in [1.82, 2.24) is 5.32 Å². The van der Waals surface area contributed by atoms with Gasteiger partial charge < -0.3 is 5.32 Å². The summed E-state index contributed by atoms with van der Waals surface area (Å²) < 4.78 is 0. The van der Waals surface area contributed by atoms with Crippen LogP contribution in [-0.4, -0.2) is 11.9 Å². The molecule has 1 aliphatic rings. The zero-order valence-corrected chi connectivity index (χ0v) is 11.0. The zero-order chi connectivity index (χ0) is 12.3. The summed E-state index contributed by atoms with van der Waals surface area (Å²) in [4.78, 5) is 12.9. The van der Waals surface area contributed by atoms with E-state index in [1.165, 1.54) is 12.8 Å². The quantitative estimate of drug-likeness (QED) is 0.770. The summed E-state index contributed by atoms with van der Waals surface area (Å²) in [5, 5.41) is 3.11. The fourth-order valence-corrected chi connectivity index (χ4v) is 2.11. The molecule has 1 amide bonds. The van der Waals surface area contributed by atoms with Gasteiger partial charge in [-0.25, -0.2) is 0 Å². The molecule has 0 bridgehead atoms. The number of carbonyl (C=O) groups excluding carboxylic acids is 1. The maximum absolute atomic E-state index is 12.0. The van der Waals surface area contributed by atoms with Crippen molar-refractivity contribution in [3.05, 3.63) is 29.8 Å². The molecule has 3 heteroatoms. The fourth-order valence-electron chi connectivity index (χ4n) is 1.97. The molecule has 1 aliphatic carbocycles. The third kappa shape index (κ3) is 3.77. The molecule has 0 aromatic heterocycles. The molecule has 1 saturated carbocycles. The van der Waals surface area contributed by atoms with Gasteiger partial charge in [0.1, 0.15) is 0 Å². The van der Waals surface area contributed by atoms with E-state index in [1.54, 1.807) is 0 Å². The van der Waals surface area contributed by atoms with Crippen molar-refractivity contribution in [2.24, 2.45) is 5.92 Å². The van der Waals surface area contributed by atoms with Crippen LogP contribution in [0, 0.1) is 5.92 Å². The van der Waals surface area contributed by atoms with Gasteiger partial charge in [0.15, 0.2) is 0 Å². The molecule has 17 heavy (non-hydrogen) atoms. The van der Waals surface area contributed by atoms with Crippen LogP contribution in [0.25, 0.3) is 0 Å². The zero-order valence-electron chi connectivity index (χ0n) is 10.1. The van der Waals surface area contributed by atoms with Gasteiger partial charge in [-0.05, 0) is 43.0 Å². The highest BCUT2D eigenvalue weighted by molar-refractivity contribution is 7.80. The molecule has 0 spiro atoms. The first-order chi connectivity index (χ1) is 8.19. The lowest BCUT2D eigenvalue weighted by atomic mass is 10.1. The van der Waals surface area contributed by atoms with Crippen molar-refractivity contribution in [3.63, 3.8) is 0 Å². The molecule has 0 heterocycles. The number of thiol groups is 1. The highest BCUT2D eigenvalue weighted by Gasteiger charge is 2.25. The van der Waals surface area contributed by atoms with Crippen LogP contribution in [-0.2, 0) is 0 Å². The second-order valence-electron chi connectivity index (χ2n) is 4.80. The van der Waals surface area contributed by atoms with Crippen LogP contribution in [0.5, 0.6) is 0 Å². The van der Waals surface area contributed by atoms with E-state index in [1.807, 2.05) is 24.3 Å². The number of benzene rings is 1. The lowest BCUT2D eigenvalue weighted by Gasteiger charge is -2.16. The van der Waals surface area contributed by atoms with Crippen molar-refractivity contribution in [2.45, 2.75) is 43.5 Å². The van der Waals surface area contributed by atoms with Gasteiger partial charge >= 0.3 is 0 Å². The molecule has 1 aromatic carbocycles. The molecule has 2 nitrogen and oxygen atoms in total. The average Bonchev–Trinajstić information content (AvgIpc) is 3.13. The van der Waals surface area contributed by atoms with Gasteiger partial charge in [-0.1, -0.05) is 19.8 Å². The minimum absolute atomic E-state index is 0.0332. The van der Waals surface area contributed by atoms with Gasteiger partial charge in [0, 0.05) is 16.5 Å². The maximum Gasteiger partial charge on any atom is 0.251 e. The first-order valence-corrected chi connectivity index (χ1v) is 6.73. The molecular weight excluding hydrogens is 230 g/mol. The van der Waals surface area contributed by atoms with Crippen molar-refractivity contribution < 1.29 is 4.79 Å². The normalized spacial score (nSPS) is 16.6. The van der Waals surface area contributed by atoms with Crippen LogP contribution in [0.3, 0.4) is 0 Å². The van der Waals surface area contributed by atoms with Gasteiger partial charge in [0.25, 0.3) is 5.91 Å². The Hall–Kier alpha value is -0.960. The van der Waals surface area contributed by atoms with E-state index in [2.05, 4.69) is 24.9 Å². The topological polar surface area (TPSA) is 29.1 Å². The van der Waals surface area contributed by atoms with Gasteiger partial charge in [-0.2, -0.15) is 0 Å². The third-order valence-corrected chi connectivity index (χ3v) is 3.57. The Bertz CT molecular complexity index is 384. The monoisotopic (exact) mass is 249 g/mol. The van der Waals surface area contributed by atoms with E-state index in [0.29, 0.717) is 6.04 Å². The summed E-state index contributed by atoms with van der Waals surface area (Å²) in [6.45, 7) is 2.13. The fraction of sp³-hybridized carbons (Fsp3) is 0.500. The van der Waals surface area contributed by atoms with E-state index in [4.69, 9.17) is 0 Å². The van der Waals surface area contributed by atoms with Crippen LogP contribution in [0.4, 0.5) is 0 Å². The average molecular weight is 249 g/mol. The van der Waals surface area contributed by atoms with Crippen molar-refractivity contribution in [1.29, 1.82) is 0 Å². The second kappa shape index (κ2) is 5.58. The highest BCUT2D eigenvalue weighted by Crippen LogP contribution is 2.34. The molecule has 1 unspecified atom stereocenters. The number of nitrogens with one attached hydrogen (secondary N) is 1. The summed E-state index contributed by atoms with van der Waals surface area (Å²) in [5.41, 5.74) is 0.719. The molecule has 1 aromatic rings. The van der Waals surface area contributed by atoms with Crippen LogP contribution in [0.2, 0.25) is 0 Å². The van der Waals surface area contributed by atoms with Crippen LogP contribution < -0.4 is 5.32 Å². The molecule has 0 saturated heterocycles. The van der Waals surface area contributed by atoms with E-state index in [9.17, 15) is 4.79 Å². The number of hydrogen-bond donors (Lipinski definition) is 2. The lowest BCUT2D eigenvalue weighted by molar-refractivity contribution is 0.0932. The van der Waals surface area contributed by atoms with Gasteiger partial charge in [0.2, 0.25) is 0 Å². The maximum atomic E-state index is 12.0. The van der Waals surface area contributed by atoms with Gasteiger partial charge in [-0.3, -0.25) is 4.79 Å². The number of carbonyl (C=O) groups is 1. The molecule has 1 atom stereocenters. The van der Waals surface area contributed by atoms with E-state index in [0.717, 1.165) is 29.2 Å². The summed E-state index contributed by atoms with van der Waals surface area (Å²) >= 11 is 4.21. The predicted octanol–water partition coefficient (Wildman–Crippen LogP) is 3.28.